The van der Waals surface area contributed by atoms with Crippen molar-refractivity contribution in [3.05, 3.63) is 80.6 Å². The van der Waals surface area contributed by atoms with Crippen molar-refractivity contribution in [3.63, 3.8) is 0 Å². The molecule has 6 nitrogen and oxygen atoms in total. The number of phenolic OH excluding ortho intramolecular Hbond substituents is 1. The van der Waals surface area contributed by atoms with E-state index in [9.17, 15) is 14.7 Å². The van der Waals surface area contributed by atoms with Gasteiger partial charge in [-0.3, -0.25) is 9.59 Å². The minimum Gasteiger partial charge on any atom is -0.508 e. The first-order chi connectivity index (χ1) is 13.5. The summed E-state index contributed by atoms with van der Waals surface area (Å²) >= 11 is 7.35. The topological polar surface area (TPSA) is 95.1 Å². The standard InChI is InChI=1S/C20H16ClN3O3S/c21-13-5-1-3-11(7-13)10-28-20-23-18-17(19(27)24-20)15(9-16(26)22-18)12-4-2-6-14(25)8-12/h1-8,15,25H,9-10H2,(H2,22,23,24,26,27)/t15-/m0/s1. The van der Waals surface area contributed by atoms with Crippen LogP contribution in [0.15, 0.2) is 58.5 Å². The van der Waals surface area contributed by atoms with E-state index in [1.54, 1.807) is 30.3 Å². The number of halogens is 1. The number of nitrogens with zero attached hydrogens (tertiary/aromatic N) is 1. The van der Waals surface area contributed by atoms with E-state index in [2.05, 4.69) is 15.3 Å². The number of carbonyl (C=O) groups is 1. The molecule has 0 bridgehead atoms. The van der Waals surface area contributed by atoms with Crippen LogP contribution in [0, 0.1) is 0 Å². The van der Waals surface area contributed by atoms with Gasteiger partial charge in [0.25, 0.3) is 5.56 Å². The number of benzene rings is 2. The third-order valence-electron chi connectivity index (χ3n) is 4.47. The summed E-state index contributed by atoms with van der Waals surface area (Å²) in [5.74, 6) is 0.250. The maximum atomic E-state index is 12.8. The van der Waals surface area contributed by atoms with Gasteiger partial charge >= 0.3 is 0 Å². The molecule has 0 fully saturated rings. The van der Waals surface area contributed by atoms with Crippen LogP contribution in [-0.4, -0.2) is 21.0 Å². The number of amides is 1. The van der Waals surface area contributed by atoms with Gasteiger partial charge in [-0.2, -0.15) is 0 Å². The summed E-state index contributed by atoms with van der Waals surface area (Å²) in [6.45, 7) is 0. The first kappa shape index (κ1) is 18.6. The molecule has 1 atom stereocenters. The molecule has 0 spiro atoms. The largest absolute Gasteiger partial charge is 0.508 e. The summed E-state index contributed by atoms with van der Waals surface area (Å²) < 4.78 is 0. The van der Waals surface area contributed by atoms with Crippen LogP contribution in [0.25, 0.3) is 0 Å². The molecule has 4 rings (SSSR count). The lowest BCUT2D eigenvalue weighted by molar-refractivity contribution is -0.116. The van der Waals surface area contributed by atoms with Crippen molar-refractivity contribution in [1.29, 1.82) is 0 Å². The monoisotopic (exact) mass is 413 g/mol. The third-order valence-corrected chi connectivity index (χ3v) is 5.65. The average molecular weight is 414 g/mol. The molecule has 1 aliphatic heterocycles. The molecule has 0 saturated heterocycles. The first-order valence-corrected chi connectivity index (χ1v) is 9.96. The van der Waals surface area contributed by atoms with E-state index in [-0.39, 0.29) is 29.5 Å². The SMILES string of the molecule is O=C1C[C@@H](c2cccc(O)c2)c2c(nc(SCc3cccc(Cl)c3)[nH]c2=O)N1. The Bertz CT molecular complexity index is 1120. The number of aromatic nitrogens is 2. The highest BCUT2D eigenvalue weighted by Gasteiger charge is 2.31. The molecule has 28 heavy (non-hydrogen) atoms. The molecular weight excluding hydrogens is 398 g/mol. The molecular formula is C20H16ClN3O3S. The quantitative estimate of drug-likeness (QED) is 0.445. The number of rotatable bonds is 4. The number of fused-ring (bicyclic) bond motifs is 1. The van der Waals surface area contributed by atoms with Crippen LogP contribution in [0.5, 0.6) is 5.75 Å². The molecule has 0 aliphatic carbocycles. The first-order valence-electron chi connectivity index (χ1n) is 8.60. The second-order valence-corrected chi connectivity index (χ2v) is 7.85. The molecule has 2 aromatic carbocycles. The number of nitrogens with one attached hydrogen (secondary N) is 2. The number of hydrogen-bond acceptors (Lipinski definition) is 5. The van der Waals surface area contributed by atoms with Gasteiger partial charge in [0.15, 0.2) is 5.16 Å². The number of H-pyrrole nitrogens is 1. The normalized spacial score (nSPS) is 15.8. The lowest BCUT2D eigenvalue weighted by Crippen LogP contribution is -2.31. The van der Waals surface area contributed by atoms with Crippen LogP contribution >= 0.6 is 23.4 Å². The molecule has 2 heterocycles. The van der Waals surface area contributed by atoms with Crippen molar-refractivity contribution in [2.24, 2.45) is 0 Å². The number of aromatic amines is 1. The van der Waals surface area contributed by atoms with Crippen LogP contribution in [0.1, 0.15) is 29.0 Å². The van der Waals surface area contributed by atoms with Crippen molar-refractivity contribution in [2.45, 2.75) is 23.2 Å². The summed E-state index contributed by atoms with van der Waals surface area (Å²) in [5, 5.41) is 13.5. The minimum atomic E-state index is -0.459. The summed E-state index contributed by atoms with van der Waals surface area (Å²) in [5.41, 5.74) is 1.80. The zero-order chi connectivity index (χ0) is 19.7. The van der Waals surface area contributed by atoms with Crippen LogP contribution in [0.3, 0.4) is 0 Å². The predicted octanol–water partition coefficient (Wildman–Crippen LogP) is 3.90. The van der Waals surface area contributed by atoms with E-state index < -0.39 is 5.92 Å². The number of carbonyl (C=O) groups excluding carboxylic acids is 1. The van der Waals surface area contributed by atoms with Gasteiger partial charge in [0, 0.05) is 23.1 Å². The van der Waals surface area contributed by atoms with Crippen LogP contribution in [-0.2, 0) is 10.5 Å². The summed E-state index contributed by atoms with van der Waals surface area (Å²) in [6, 6.07) is 14.0. The molecule has 1 aromatic heterocycles. The van der Waals surface area contributed by atoms with E-state index in [0.717, 1.165) is 5.56 Å². The molecule has 0 radical (unpaired) electrons. The van der Waals surface area contributed by atoms with Gasteiger partial charge in [0.05, 0.1) is 5.56 Å². The smallest absolute Gasteiger partial charge is 0.257 e. The average Bonchev–Trinajstić information content (AvgIpc) is 2.65. The van der Waals surface area contributed by atoms with Gasteiger partial charge in [-0.05, 0) is 35.4 Å². The minimum absolute atomic E-state index is 0.0862. The number of anilines is 1. The Labute approximate surface area is 170 Å². The molecule has 0 saturated carbocycles. The van der Waals surface area contributed by atoms with Crippen molar-refractivity contribution in [1.82, 2.24) is 9.97 Å². The van der Waals surface area contributed by atoms with Gasteiger partial charge in [-0.15, -0.1) is 0 Å². The molecule has 3 aromatic rings. The summed E-state index contributed by atoms with van der Waals surface area (Å²) in [4.78, 5) is 32.2. The Morgan fingerprint density at radius 1 is 1.18 bits per heavy atom. The van der Waals surface area contributed by atoms with E-state index in [0.29, 0.717) is 27.1 Å². The maximum absolute atomic E-state index is 12.8. The number of aromatic hydroxyl groups is 1. The fraction of sp³-hybridized carbons (Fsp3) is 0.150. The Kier molecular flexibility index (Phi) is 5.11. The molecule has 8 heteroatoms. The third kappa shape index (κ3) is 3.90. The Hall–Kier alpha value is -2.77. The van der Waals surface area contributed by atoms with Crippen LogP contribution in [0.4, 0.5) is 5.82 Å². The van der Waals surface area contributed by atoms with Gasteiger partial charge in [-0.1, -0.05) is 47.6 Å². The molecule has 142 valence electrons. The number of hydrogen-bond donors (Lipinski definition) is 3. The number of phenols is 1. The van der Waals surface area contributed by atoms with Gasteiger partial charge in [0.2, 0.25) is 5.91 Å². The highest BCUT2D eigenvalue weighted by atomic mass is 35.5. The van der Waals surface area contributed by atoms with Gasteiger partial charge in [0.1, 0.15) is 11.6 Å². The lowest BCUT2D eigenvalue weighted by atomic mass is 9.87. The zero-order valence-corrected chi connectivity index (χ0v) is 16.2. The van der Waals surface area contributed by atoms with E-state index in [4.69, 9.17) is 11.6 Å². The lowest BCUT2D eigenvalue weighted by Gasteiger charge is -2.24. The maximum Gasteiger partial charge on any atom is 0.257 e. The van der Waals surface area contributed by atoms with Crippen molar-refractivity contribution in [2.75, 3.05) is 5.32 Å². The van der Waals surface area contributed by atoms with Crippen molar-refractivity contribution in [3.8, 4) is 5.75 Å². The summed E-state index contributed by atoms with van der Waals surface area (Å²) in [6.07, 6.45) is 0.121. The fourth-order valence-corrected chi connectivity index (χ4v) is 4.24. The van der Waals surface area contributed by atoms with Crippen LogP contribution in [0.2, 0.25) is 5.02 Å². The van der Waals surface area contributed by atoms with E-state index >= 15 is 0 Å². The Morgan fingerprint density at radius 3 is 2.79 bits per heavy atom. The highest BCUT2D eigenvalue weighted by Crippen LogP contribution is 2.35. The number of thioether (sulfide) groups is 1. The molecule has 1 amide bonds. The van der Waals surface area contributed by atoms with E-state index in [1.165, 1.54) is 11.8 Å². The van der Waals surface area contributed by atoms with Crippen LogP contribution < -0.4 is 10.9 Å². The molecule has 3 N–H and O–H groups in total. The molecule has 0 unspecified atom stereocenters. The molecule has 1 aliphatic rings. The Morgan fingerprint density at radius 2 is 2.00 bits per heavy atom. The predicted molar refractivity (Wildman–Crippen MR) is 109 cm³/mol. The van der Waals surface area contributed by atoms with Gasteiger partial charge < -0.3 is 15.4 Å². The van der Waals surface area contributed by atoms with Crippen molar-refractivity contribution < 1.29 is 9.90 Å². The second-order valence-electron chi connectivity index (χ2n) is 6.45. The van der Waals surface area contributed by atoms with Gasteiger partial charge in [-0.25, -0.2) is 4.98 Å². The fourth-order valence-electron chi connectivity index (χ4n) is 3.22. The zero-order valence-electron chi connectivity index (χ0n) is 14.6. The summed E-state index contributed by atoms with van der Waals surface area (Å²) in [7, 11) is 0. The van der Waals surface area contributed by atoms with Crippen molar-refractivity contribution >= 4 is 35.1 Å². The van der Waals surface area contributed by atoms with E-state index in [1.807, 2.05) is 18.2 Å². The Balaban J connectivity index is 1.66. The highest BCUT2D eigenvalue weighted by molar-refractivity contribution is 7.98. The second kappa shape index (κ2) is 7.69.